The smallest absolute Gasteiger partial charge is 0.0562 e. The van der Waals surface area contributed by atoms with Crippen LogP contribution in [0, 0.1) is 0 Å². The Hall–Kier alpha value is -1.13. The summed E-state index contributed by atoms with van der Waals surface area (Å²) in [7, 11) is 4.36. The van der Waals surface area contributed by atoms with Gasteiger partial charge in [0.05, 0.1) is 5.69 Å². The van der Waals surface area contributed by atoms with Crippen molar-refractivity contribution in [3.63, 3.8) is 0 Å². The standard InChI is InChI=1S/C16H28N4/c1-4-8-17-12-14-11-15(7-9-18-14)20-10-5-6-16(13-20)19(2)3/h7,9,11,16-17H,4-6,8,10,12-13H2,1-3H3. The molecular weight excluding hydrogens is 248 g/mol. The van der Waals surface area contributed by atoms with Gasteiger partial charge in [0.1, 0.15) is 0 Å². The van der Waals surface area contributed by atoms with Gasteiger partial charge in [0.2, 0.25) is 0 Å². The van der Waals surface area contributed by atoms with Crippen molar-refractivity contribution in [2.75, 3.05) is 38.6 Å². The van der Waals surface area contributed by atoms with Crippen LogP contribution in [0.1, 0.15) is 31.9 Å². The Bertz CT molecular complexity index is 405. The molecule has 0 radical (unpaired) electrons. The van der Waals surface area contributed by atoms with E-state index in [1.54, 1.807) is 0 Å². The maximum Gasteiger partial charge on any atom is 0.0562 e. The summed E-state index contributed by atoms with van der Waals surface area (Å²) in [6.45, 7) is 6.39. The first-order valence-electron chi connectivity index (χ1n) is 7.77. The zero-order valence-electron chi connectivity index (χ0n) is 13.1. The molecule has 2 heterocycles. The second kappa shape index (κ2) is 7.60. The van der Waals surface area contributed by atoms with Crippen molar-refractivity contribution in [1.82, 2.24) is 15.2 Å². The average molecular weight is 276 g/mol. The molecule has 0 saturated carbocycles. The van der Waals surface area contributed by atoms with Crippen molar-refractivity contribution in [3.8, 4) is 0 Å². The van der Waals surface area contributed by atoms with Gasteiger partial charge in [0, 0.05) is 37.6 Å². The molecule has 112 valence electrons. The highest BCUT2D eigenvalue weighted by atomic mass is 15.2. The molecule has 0 aromatic carbocycles. The minimum absolute atomic E-state index is 0.665. The van der Waals surface area contributed by atoms with E-state index in [1.807, 2.05) is 6.20 Å². The Morgan fingerprint density at radius 2 is 2.30 bits per heavy atom. The van der Waals surface area contributed by atoms with E-state index < -0.39 is 0 Å². The fourth-order valence-electron chi connectivity index (χ4n) is 2.76. The van der Waals surface area contributed by atoms with Gasteiger partial charge in [-0.15, -0.1) is 0 Å². The molecule has 0 aliphatic carbocycles. The zero-order valence-corrected chi connectivity index (χ0v) is 13.1. The number of nitrogens with zero attached hydrogens (tertiary/aromatic N) is 3. The summed E-state index contributed by atoms with van der Waals surface area (Å²) in [5, 5.41) is 3.42. The molecule has 4 nitrogen and oxygen atoms in total. The van der Waals surface area contributed by atoms with E-state index >= 15 is 0 Å². The number of rotatable bonds is 6. The number of piperidine rings is 1. The molecule has 1 aliphatic heterocycles. The summed E-state index contributed by atoms with van der Waals surface area (Å²) in [4.78, 5) is 9.30. The molecule has 1 aromatic rings. The molecule has 0 amide bonds. The van der Waals surface area contributed by atoms with Crippen LogP contribution in [0.15, 0.2) is 18.3 Å². The maximum absolute atomic E-state index is 4.46. The van der Waals surface area contributed by atoms with Crippen molar-refractivity contribution in [2.45, 2.75) is 38.8 Å². The molecule has 2 rings (SSSR count). The first-order valence-corrected chi connectivity index (χ1v) is 7.77. The quantitative estimate of drug-likeness (QED) is 0.806. The first-order chi connectivity index (χ1) is 9.70. The lowest BCUT2D eigenvalue weighted by Crippen LogP contribution is -2.45. The van der Waals surface area contributed by atoms with Crippen LogP contribution in [0.2, 0.25) is 0 Å². The lowest BCUT2D eigenvalue weighted by atomic mass is 10.0. The molecule has 1 N–H and O–H groups in total. The summed E-state index contributed by atoms with van der Waals surface area (Å²) in [5.41, 5.74) is 2.46. The van der Waals surface area contributed by atoms with E-state index in [2.05, 4.69) is 53.3 Å². The Balaban J connectivity index is 1.99. The summed E-state index contributed by atoms with van der Waals surface area (Å²) in [6.07, 6.45) is 5.68. The van der Waals surface area contributed by atoms with E-state index in [0.717, 1.165) is 38.3 Å². The molecule has 1 aliphatic rings. The van der Waals surface area contributed by atoms with Gasteiger partial charge in [-0.2, -0.15) is 0 Å². The lowest BCUT2D eigenvalue weighted by molar-refractivity contribution is 0.258. The molecule has 1 aromatic heterocycles. The second-order valence-electron chi connectivity index (χ2n) is 5.89. The third-order valence-electron chi connectivity index (χ3n) is 4.03. The highest BCUT2D eigenvalue weighted by Gasteiger charge is 2.21. The van der Waals surface area contributed by atoms with Crippen molar-refractivity contribution < 1.29 is 0 Å². The van der Waals surface area contributed by atoms with Crippen LogP contribution in [-0.4, -0.2) is 49.7 Å². The van der Waals surface area contributed by atoms with Gasteiger partial charge in [-0.05, 0) is 52.0 Å². The number of hydrogen-bond acceptors (Lipinski definition) is 4. The number of aromatic nitrogens is 1. The predicted octanol–water partition coefficient (Wildman–Crippen LogP) is 2.11. The van der Waals surface area contributed by atoms with E-state index in [0.29, 0.717) is 6.04 Å². The summed E-state index contributed by atoms with van der Waals surface area (Å²) in [5.74, 6) is 0. The van der Waals surface area contributed by atoms with Gasteiger partial charge in [-0.25, -0.2) is 0 Å². The zero-order chi connectivity index (χ0) is 14.4. The van der Waals surface area contributed by atoms with Gasteiger partial charge in [0.25, 0.3) is 0 Å². The highest BCUT2D eigenvalue weighted by molar-refractivity contribution is 5.47. The first kappa shape index (κ1) is 15.3. The van der Waals surface area contributed by atoms with Crippen LogP contribution in [0.25, 0.3) is 0 Å². The van der Waals surface area contributed by atoms with Crippen LogP contribution < -0.4 is 10.2 Å². The molecule has 1 unspecified atom stereocenters. The van der Waals surface area contributed by atoms with Gasteiger partial charge < -0.3 is 15.1 Å². The van der Waals surface area contributed by atoms with Crippen LogP contribution in [0.5, 0.6) is 0 Å². The number of likely N-dealkylation sites (N-methyl/N-ethyl adjacent to an activating group) is 1. The highest BCUT2D eigenvalue weighted by Crippen LogP contribution is 2.21. The van der Waals surface area contributed by atoms with Crippen LogP contribution in [0.3, 0.4) is 0 Å². The van der Waals surface area contributed by atoms with Gasteiger partial charge in [0.15, 0.2) is 0 Å². The largest absolute Gasteiger partial charge is 0.370 e. The molecule has 0 spiro atoms. The van der Waals surface area contributed by atoms with Crippen molar-refractivity contribution in [2.24, 2.45) is 0 Å². The average Bonchev–Trinajstić information content (AvgIpc) is 2.48. The fraction of sp³-hybridized carbons (Fsp3) is 0.688. The minimum atomic E-state index is 0.665. The van der Waals surface area contributed by atoms with E-state index in [1.165, 1.54) is 18.5 Å². The van der Waals surface area contributed by atoms with Crippen molar-refractivity contribution in [1.29, 1.82) is 0 Å². The molecule has 1 atom stereocenters. The maximum atomic E-state index is 4.46. The Labute approximate surface area is 123 Å². The second-order valence-corrected chi connectivity index (χ2v) is 5.89. The molecule has 20 heavy (non-hydrogen) atoms. The van der Waals surface area contributed by atoms with Crippen LogP contribution in [0.4, 0.5) is 5.69 Å². The number of anilines is 1. The molecule has 1 fully saturated rings. The Morgan fingerprint density at radius 1 is 1.45 bits per heavy atom. The number of nitrogens with one attached hydrogen (secondary N) is 1. The molecule has 4 heteroatoms. The lowest BCUT2D eigenvalue weighted by Gasteiger charge is -2.37. The van der Waals surface area contributed by atoms with E-state index in [4.69, 9.17) is 0 Å². The molecule has 0 bridgehead atoms. The number of hydrogen-bond donors (Lipinski definition) is 1. The van der Waals surface area contributed by atoms with Gasteiger partial charge >= 0.3 is 0 Å². The Morgan fingerprint density at radius 3 is 3.05 bits per heavy atom. The third kappa shape index (κ3) is 4.18. The van der Waals surface area contributed by atoms with E-state index in [9.17, 15) is 0 Å². The van der Waals surface area contributed by atoms with Gasteiger partial charge in [-0.3, -0.25) is 4.98 Å². The van der Waals surface area contributed by atoms with Crippen molar-refractivity contribution >= 4 is 5.69 Å². The third-order valence-corrected chi connectivity index (χ3v) is 4.03. The predicted molar refractivity (Wildman–Crippen MR) is 85.2 cm³/mol. The van der Waals surface area contributed by atoms with E-state index in [-0.39, 0.29) is 0 Å². The van der Waals surface area contributed by atoms with Gasteiger partial charge in [-0.1, -0.05) is 6.92 Å². The van der Waals surface area contributed by atoms with Crippen LogP contribution >= 0.6 is 0 Å². The minimum Gasteiger partial charge on any atom is -0.370 e. The number of pyridine rings is 1. The Kier molecular flexibility index (Phi) is 5.80. The van der Waals surface area contributed by atoms with Crippen LogP contribution in [-0.2, 0) is 6.54 Å². The normalized spacial score (nSPS) is 19.6. The van der Waals surface area contributed by atoms with Crippen molar-refractivity contribution in [3.05, 3.63) is 24.0 Å². The topological polar surface area (TPSA) is 31.4 Å². The monoisotopic (exact) mass is 276 g/mol. The summed E-state index contributed by atoms with van der Waals surface area (Å²) < 4.78 is 0. The SMILES string of the molecule is CCCNCc1cc(N2CCCC(N(C)C)C2)ccn1. The fourth-order valence-corrected chi connectivity index (χ4v) is 2.76. The molecule has 1 saturated heterocycles. The summed E-state index contributed by atoms with van der Waals surface area (Å²) >= 11 is 0. The summed E-state index contributed by atoms with van der Waals surface area (Å²) in [6, 6.07) is 5.04. The molecular formula is C16H28N4.